The van der Waals surface area contributed by atoms with E-state index in [0.29, 0.717) is 0 Å². The Hall–Kier alpha value is -0.0300. The molecule has 22 heavy (non-hydrogen) atoms. The maximum Gasteiger partial charge on any atom is 0.417 e. The fraction of sp³-hybridized carbons (Fsp3) is 0.0769. The van der Waals surface area contributed by atoms with Crippen LogP contribution in [0.1, 0.15) is 5.56 Å². The Kier molecular flexibility index (Phi) is 5.38. The van der Waals surface area contributed by atoms with Crippen molar-refractivity contribution in [1.29, 1.82) is 0 Å². The summed E-state index contributed by atoms with van der Waals surface area (Å²) in [6.45, 7) is 0. The van der Waals surface area contributed by atoms with Gasteiger partial charge in [-0.05, 0) is 17.7 Å². The predicted molar refractivity (Wildman–Crippen MR) is 86.9 cm³/mol. The number of hydrogen-bond acceptors (Lipinski definition) is 0. The van der Waals surface area contributed by atoms with Crippen LogP contribution in [0.3, 0.4) is 0 Å². The molecule has 0 saturated carbocycles. The molecule has 2 aromatic carbocycles. The van der Waals surface area contributed by atoms with Crippen molar-refractivity contribution in [3.63, 3.8) is 0 Å². The molecule has 0 amide bonds. The molecule has 0 unspecified atom stereocenters. The van der Waals surface area contributed by atoms with Gasteiger partial charge in [0.1, 0.15) is 0 Å². The van der Waals surface area contributed by atoms with Gasteiger partial charge < -0.3 is 0 Å². The highest BCUT2D eigenvalue weighted by molar-refractivity contribution is 6.56. The molecule has 118 valence electrons. The van der Waals surface area contributed by atoms with Crippen LogP contribution < -0.4 is 0 Å². The second kappa shape index (κ2) is 6.46. The minimum absolute atomic E-state index is 0.0462. The van der Waals surface area contributed by atoms with Crippen LogP contribution in [0.2, 0.25) is 30.1 Å². The SMILES string of the molecule is FC(F)(F)c1cc(-c2c(Cl)c(Cl)c(Cl)c(Cl)c2Cl)ccc1Cl. The summed E-state index contributed by atoms with van der Waals surface area (Å²) >= 11 is 35.3. The van der Waals surface area contributed by atoms with Crippen molar-refractivity contribution in [2.24, 2.45) is 0 Å². The lowest BCUT2D eigenvalue weighted by Crippen LogP contribution is -2.06. The Bertz CT molecular complexity index is 725. The van der Waals surface area contributed by atoms with Gasteiger partial charge in [-0.3, -0.25) is 0 Å². The van der Waals surface area contributed by atoms with Gasteiger partial charge >= 0.3 is 6.18 Å². The van der Waals surface area contributed by atoms with Crippen molar-refractivity contribution < 1.29 is 13.2 Å². The maximum atomic E-state index is 12.9. The molecule has 0 aromatic heterocycles. The lowest BCUT2D eigenvalue weighted by molar-refractivity contribution is -0.137. The summed E-state index contributed by atoms with van der Waals surface area (Å²) in [6.07, 6.45) is -4.63. The van der Waals surface area contributed by atoms with Gasteiger partial charge in [-0.1, -0.05) is 75.7 Å². The topological polar surface area (TPSA) is 0 Å². The molecule has 0 heterocycles. The molecule has 0 saturated heterocycles. The van der Waals surface area contributed by atoms with Crippen molar-refractivity contribution in [1.82, 2.24) is 0 Å². The van der Waals surface area contributed by atoms with Crippen LogP contribution in [0, 0.1) is 0 Å². The second-order valence-corrected chi connectivity index (χ2v) is 6.43. The summed E-state index contributed by atoms with van der Waals surface area (Å²) in [5, 5.41) is -0.928. The zero-order chi connectivity index (χ0) is 16.8. The minimum atomic E-state index is -4.63. The van der Waals surface area contributed by atoms with Gasteiger partial charge in [-0.2, -0.15) is 13.2 Å². The second-order valence-electron chi connectivity index (χ2n) is 4.14. The van der Waals surface area contributed by atoms with E-state index in [1.54, 1.807) is 0 Å². The molecule has 0 atom stereocenters. The highest BCUT2D eigenvalue weighted by Crippen LogP contribution is 2.49. The van der Waals surface area contributed by atoms with Gasteiger partial charge in [0.2, 0.25) is 0 Å². The molecular formula is C13H3Cl6F3. The fourth-order valence-electron chi connectivity index (χ4n) is 1.76. The van der Waals surface area contributed by atoms with Crippen molar-refractivity contribution in [2.45, 2.75) is 6.18 Å². The fourth-order valence-corrected chi connectivity index (χ4v) is 3.34. The van der Waals surface area contributed by atoms with Crippen LogP contribution in [0.4, 0.5) is 13.2 Å². The molecule has 2 rings (SSSR count). The first-order chi connectivity index (χ1) is 10.1. The molecule has 0 aliphatic rings. The monoisotopic (exact) mass is 426 g/mol. The van der Waals surface area contributed by atoms with Crippen molar-refractivity contribution in [2.75, 3.05) is 0 Å². The normalized spacial score (nSPS) is 11.9. The summed E-state index contributed by atoms with van der Waals surface area (Å²) in [6, 6.07) is 3.23. The molecule has 0 nitrogen and oxygen atoms in total. The van der Waals surface area contributed by atoms with Crippen LogP contribution in [0.15, 0.2) is 18.2 Å². The van der Waals surface area contributed by atoms with Gasteiger partial charge in [-0.25, -0.2) is 0 Å². The first-order valence-corrected chi connectivity index (χ1v) is 7.71. The number of halogens is 9. The van der Waals surface area contributed by atoms with Crippen LogP contribution in [0.25, 0.3) is 11.1 Å². The van der Waals surface area contributed by atoms with Gasteiger partial charge in [0.25, 0.3) is 0 Å². The van der Waals surface area contributed by atoms with E-state index in [1.165, 1.54) is 6.07 Å². The third-order valence-corrected chi connectivity index (χ3v) is 5.38. The summed E-state index contributed by atoms with van der Waals surface area (Å²) in [7, 11) is 0. The zero-order valence-corrected chi connectivity index (χ0v) is 14.7. The van der Waals surface area contributed by atoms with Crippen LogP contribution in [-0.2, 0) is 6.18 Å². The number of rotatable bonds is 1. The van der Waals surface area contributed by atoms with Crippen LogP contribution in [0.5, 0.6) is 0 Å². The predicted octanol–water partition coefficient (Wildman–Crippen LogP) is 8.29. The van der Waals surface area contributed by atoms with Gasteiger partial charge in [0.05, 0.1) is 35.7 Å². The standard InChI is InChI=1S/C13H3Cl6F3/c14-6-2-1-4(3-5(6)13(20,21)22)7-8(15)10(17)12(19)11(18)9(7)16/h1-3H. The van der Waals surface area contributed by atoms with Crippen molar-refractivity contribution >= 4 is 69.6 Å². The third kappa shape index (κ3) is 3.26. The molecule has 0 aliphatic heterocycles. The Morgan fingerprint density at radius 1 is 0.682 bits per heavy atom. The minimum Gasteiger partial charge on any atom is -0.166 e. The zero-order valence-electron chi connectivity index (χ0n) is 10.1. The molecular weight excluding hydrogens is 426 g/mol. The first-order valence-electron chi connectivity index (χ1n) is 5.44. The average molecular weight is 429 g/mol. The van der Waals surface area contributed by atoms with Gasteiger partial charge in [-0.15, -0.1) is 0 Å². The van der Waals surface area contributed by atoms with Crippen LogP contribution in [-0.4, -0.2) is 0 Å². The van der Waals surface area contributed by atoms with E-state index in [1.807, 2.05) is 0 Å². The summed E-state index contributed by atoms with van der Waals surface area (Å²) < 4.78 is 38.8. The molecule has 2 aromatic rings. The lowest BCUT2D eigenvalue weighted by atomic mass is 10.0. The van der Waals surface area contributed by atoms with E-state index in [2.05, 4.69) is 0 Å². The molecule has 0 aliphatic carbocycles. The number of hydrogen-bond donors (Lipinski definition) is 0. The largest absolute Gasteiger partial charge is 0.417 e. The lowest BCUT2D eigenvalue weighted by Gasteiger charge is -2.15. The first kappa shape index (κ1) is 18.3. The summed E-state index contributed by atoms with van der Waals surface area (Å²) in [5.74, 6) is 0. The molecule has 0 spiro atoms. The van der Waals surface area contributed by atoms with E-state index >= 15 is 0 Å². The number of benzene rings is 2. The third-order valence-electron chi connectivity index (χ3n) is 2.77. The van der Waals surface area contributed by atoms with Crippen molar-refractivity contribution in [3.8, 4) is 11.1 Å². The van der Waals surface area contributed by atoms with E-state index in [4.69, 9.17) is 69.6 Å². The number of alkyl halides is 3. The Morgan fingerprint density at radius 3 is 1.59 bits per heavy atom. The highest BCUT2D eigenvalue weighted by atomic mass is 35.5. The molecule has 0 radical (unpaired) electrons. The van der Waals surface area contributed by atoms with E-state index < -0.39 is 16.8 Å². The molecule has 0 N–H and O–H groups in total. The van der Waals surface area contributed by atoms with Crippen LogP contribution >= 0.6 is 69.6 Å². The Morgan fingerprint density at radius 2 is 1.14 bits per heavy atom. The highest BCUT2D eigenvalue weighted by Gasteiger charge is 2.34. The van der Waals surface area contributed by atoms with E-state index in [0.717, 1.165) is 12.1 Å². The summed E-state index contributed by atoms with van der Waals surface area (Å²) in [5.41, 5.74) is -0.918. The quantitative estimate of drug-likeness (QED) is 0.316. The molecule has 0 bridgehead atoms. The average Bonchev–Trinajstić information content (AvgIpc) is 2.43. The Balaban J connectivity index is 2.79. The van der Waals surface area contributed by atoms with Gasteiger partial charge in [0, 0.05) is 5.56 Å². The molecule has 9 heteroatoms. The van der Waals surface area contributed by atoms with E-state index in [9.17, 15) is 13.2 Å². The summed E-state index contributed by atoms with van der Waals surface area (Å²) in [4.78, 5) is 0. The smallest absolute Gasteiger partial charge is 0.166 e. The van der Waals surface area contributed by atoms with Crippen molar-refractivity contribution in [3.05, 3.63) is 53.9 Å². The maximum absolute atomic E-state index is 12.9. The Labute approximate surface area is 153 Å². The van der Waals surface area contributed by atoms with Gasteiger partial charge in [0.15, 0.2) is 0 Å². The van der Waals surface area contributed by atoms with E-state index in [-0.39, 0.29) is 36.2 Å². The molecule has 0 fully saturated rings.